The molecule has 7 nitrogen and oxygen atoms in total. The van der Waals surface area contributed by atoms with E-state index in [1.807, 2.05) is 0 Å². The molecule has 1 atom stereocenters. The molecule has 20 heavy (non-hydrogen) atoms. The molecule has 7 heteroatoms. The quantitative estimate of drug-likeness (QED) is 0.629. The van der Waals surface area contributed by atoms with Gasteiger partial charge in [-0.25, -0.2) is 4.79 Å². The summed E-state index contributed by atoms with van der Waals surface area (Å²) >= 11 is 0. The number of nitrogens with one attached hydrogen (secondary N) is 1. The molecule has 0 fully saturated rings. The molecule has 0 bridgehead atoms. The average Bonchev–Trinajstić information content (AvgIpc) is 2.37. The van der Waals surface area contributed by atoms with Crippen molar-refractivity contribution in [2.75, 3.05) is 0 Å². The lowest BCUT2D eigenvalue weighted by Gasteiger charge is -2.23. The molecule has 0 saturated carbocycles. The van der Waals surface area contributed by atoms with Crippen LogP contribution in [0.2, 0.25) is 0 Å². The summed E-state index contributed by atoms with van der Waals surface area (Å²) in [4.78, 5) is 33.1. The van der Waals surface area contributed by atoms with Gasteiger partial charge in [0.25, 0.3) is 5.69 Å². The van der Waals surface area contributed by atoms with Crippen molar-refractivity contribution >= 4 is 17.6 Å². The highest BCUT2D eigenvalue weighted by Gasteiger charge is 2.31. The number of carbonyl (C=O) groups is 2. The fraction of sp³-hybridized carbons (Fsp3) is 0.385. The molecule has 0 saturated heterocycles. The van der Waals surface area contributed by atoms with E-state index >= 15 is 0 Å². The number of carboxylic acids is 1. The fourth-order valence-electron chi connectivity index (χ4n) is 1.53. The summed E-state index contributed by atoms with van der Waals surface area (Å²) in [5, 5.41) is 22.0. The summed E-state index contributed by atoms with van der Waals surface area (Å²) in [7, 11) is 0. The topological polar surface area (TPSA) is 110 Å². The van der Waals surface area contributed by atoms with E-state index in [1.165, 1.54) is 32.0 Å². The first kappa shape index (κ1) is 15.6. The Bertz CT molecular complexity index is 553. The molecule has 0 aromatic heterocycles. The zero-order valence-corrected chi connectivity index (χ0v) is 11.4. The number of nitro benzene ring substituents is 1. The van der Waals surface area contributed by atoms with Crippen LogP contribution in [0.5, 0.6) is 0 Å². The summed E-state index contributed by atoms with van der Waals surface area (Å²) in [5.41, 5.74) is -1.05. The third kappa shape index (κ3) is 3.53. The number of benzene rings is 1. The lowest BCUT2D eigenvalue weighted by molar-refractivity contribution is -0.384. The molecule has 0 heterocycles. The highest BCUT2D eigenvalue weighted by atomic mass is 16.6. The smallest absolute Gasteiger partial charge is 0.328 e. The molecule has 1 amide bonds. The minimum atomic E-state index is -1.40. The maximum Gasteiger partial charge on any atom is 0.328 e. The molecule has 0 aliphatic carbocycles. The van der Waals surface area contributed by atoms with Crippen molar-refractivity contribution in [3.63, 3.8) is 0 Å². The van der Waals surface area contributed by atoms with Gasteiger partial charge in [0.05, 0.1) is 10.8 Å². The minimum Gasteiger partial charge on any atom is -0.480 e. The number of hydrogen-bond acceptors (Lipinski definition) is 4. The van der Waals surface area contributed by atoms with Crippen LogP contribution in [0.1, 0.15) is 32.3 Å². The van der Waals surface area contributed by atoms with Gasteiger partial charge in [-0.15, -0.1) is 0 Å². The first-order chi connectivity index (χ1) is 9.15. The van der Waals surface area contributed by atoms with Crippen LogP contribution in [-0.4, -0.2) is 27.4 Å². The Morgan fingerprint density at radius 3 is 2.50 bits per heavy atom. The van der Waals surface area contributed by atoms with Gasteiger partial charge < -0.3 is 10.4 Å². The van der Waals surface area contributed by atoms with Crippen molar-refractivity contribution in [3.8, 4) is 0 Å². The van der Waals surface area contributed by atoms with Crippen molar-refractivity contribution in [3.05, 3.63) is 39.9 Å². The number of hydrogen-bond donors (Lipinski definition) is 2. The predicted molar refractivity (Wildman–Crippen MR) is 71.4 cm³/mol. The van der Waals surface area contributed by atoms with E-state index in [1.54, 1.807) is 13.0 Å². The van der Waals surface area contributed by atoms with E-state index in [0.29, 0.717) is 5.56 Å². The second kappa shape index (κ2) is 5.68. The molecule has 108 valence electrons. The predicted octanol–water partition coefficient (Wildman–Crippen LogP) is 1.68. The largest absolute Gasteiger partial charge is 0.480 e. The van der Waals surface area contributed by atoms with E-state index in [0.717, 1.165) is 0 Å². The Balaban J connectivity index is 2.92. The monoisotopic (exact) mass is 280 g/mol. The molecule has 2 N–H and O–H groups in total. The zero-order chi connectivity index (χ0) is 15.5. The summed E-state index contributed by atoms with van der Waals surface area (Å²) in [6.07, 6.45) is 0. The molecule has 0 spiro atoms. The van der Waals surface area contributed by atoms with Crippen LogP contribution < -0.4 is 5.32 Å². The van der Waals surface area contributed by atoms with E-state index in [4.69, 9.17) is 5.11 Å². The van der Waals surface area contributed by atoms with Gasteiger partial charge >= 0.3 is 5.97 Å². The standard InChI is InChI=1S/C13H16N2O5/c1-8(11(16)14-13(2,3)12(17)18)9-5-4-6-10(7-9)15(19)20/h4-8H,1-3H3,(H,14,16)(H,17,18). The molecule has 0 aliphatic rings. The van der Waals surface area contributed by atoms with Crippen molar-refractivity contribution in [2.24, 2.45) is 0 Å². The Morgan fingerprint density at radius 1 is 1.40 bits per heavy atom. The highest BCUT2D eigenvalue weighted by molar-refractivity contribution is 5.89. The molecular formula is C13H16N2O5. The molecule has 1 aromatic carbocycles. The van der Waals surface area contributed by atoms with Gasteiger partial charge in [0, 0.05) is 12.1 Å². The maximum absolute atomic E-state index is 12.0. The summed E-state index contributed by atoms with van der Waals surface area (Å²) in [6.45, 7) is 4.30. The van der Waals surface area contributed by atoms with Crippen molar-refractivity contribution in [1.29, 1.82) is 0 Å². The van der Waals surface area contributed by atoms with Crippen LogP contribution >= 0.6 is 0 Å². The number of rotatable bonds is 5. The summed E-state index contributed by atoms with van der Waals surface area (Å²) < 4.78 is 0. The van der Waals surface area contributed by atoms with Crippen LogP contribution in [0.3, 0.4) is 0 Å². The second-order valence-electron chi connectivity index (χ2n) is 4.99. The van der Waals surface area contributed by atoms with Gasteiger partial charge in [0.2, 0.25) is 5.91 Å². The number of non-ortho nitro benzene ring substituents is 1. The van der Waals surface area contributed by atoms with Crippen molar-refractivity contribution in [2.45, 2.75) is 32.2 Å². The van der Waals surface area contributed by atoms with Crippen LogP contribution in [0.4, 0.5) is 5.69 Å². The highest BCUT2D eigenvalue weighted by Crippen LogP contribution is 2.21. The van der Waals surface area contributed by atoms with E-state index in [9.17, 15) is 19.7 Å². The normalized spacial score (nSPS) is 12.6. The van der Waals surface area contributed by atoms with Gasteiger partial charge in [-0.05, 0) is 26.3 Å². The molecule has 1 unspecified atom stereocenters. The third-order valence-electron chi connectivity index (χ3n) is 2.94. The summed E-state index contributed by atoms with van der Waals surface area (Å²) in [6, 6.07) is 5.71. The Kier molecular flexibility index (Phi) is 4.44. The summed E-state index contributed by atoms with van der Waals surface area (Å²) in [5.74, 6) is -2.34. The second-order valence-corrected chi connectivity index (χ2v) is 4.99. The number of carboxylic acid groups (broad SMARTS) is 1. The Labute approximate surface area is 115 Å². The van der Waals surface area contributed by atoms with Crippen LogP contribution in [-0.2, 0) is 9.59 Å². The van der Waals surface area contributed by atoms with Gasteiger partial charge in [0.1, 0.15) is 5.54 Å². The Hall–Kier alpha value is -2.44. The number of carbonyl (C=O) groups excluding carboxylic acids is 1. The minimum absolute atomic E-state index is 0.111. The first-order valence-electron chi connectivity index (χ1n) is 5.95. The lowest BCUT2D eigenvalue weighted by atomic mass is 9.97. The lowest BCUT2D eigenvalue weighted by Crippen LogP contribution is -2.50. The number of aliphatic carboxylic acids is 1. The van der Waals surface area contributed by atoms with Crippen LogP contribution in [0, 0.1) is 10.1 Å². The van der Waals surface area contributed by atoms with Crippen molar-refractivity contribution in [1.82, 2.24) is 5.32 Å². The van der Waals surface area contributed by atoms with E-state index in [2.05, 4.69) is 5.32 Å². The molecule has 1 aromatic rings. The van der Waals surface area contributed by atoms with Crippen LogP contribution in [0.15, 0.2) is 24.3 Å². The number of nitro groups is 1. The molecule has 1 rings (SSSR count). The number of amides is 1. The van der Waals surface area contributed by atoms with Crippen molar-refractivity contribution < 1.29 is 19.6 Å². The van der Waals surface area contributed by atoms with Gasteiger partial charge in [-0.3, -0.25) is 14.9 Å². The van der Waals surface area contributed by atoms with Gasteiger partial charge in [0.15, 0.2) is 0 Å². The number of nitrogens with zero attached hydrogens (tertiary/aromatic N) is 1. The van der Waals surface area contributed by atoms with Gasteiger partial charge in [-0.2, -0.15) is 0 Å². The van der Waals surface area contributed by atoms with E-state index in [-0.39, 0.29) is 5.69 Å². The fourth-order valence-corrected chi connectivity index (χ4v) is 1.53. The van der Waals surface area contributed by atoms with Crippen LogP contribution in [0.25, 0.3) is 0 Å². The average molecular weight is 280 g/mol. The van der Waals surface area contributed by atoms with Gasteiger partial charge in [-0.1, -0.05) is 12.1 Å². The Morgan fingerprint density at radius 2 is 2.00 bits per heavy atom. The molecule has 0 aliphatic heterocycles. The first-order valence-corrected chi connectivity index (χ1v) is 5.95. The molecule has 0 radical (unpaired) electrons. The third-order valence-corrected chi connectivity index (χ3v) is 2.94. The van der Waals surface area contributed by atoms with E-state index < -0.39 is 28.3 Å². The SMILES string of the molecule is CC(C(=O)NC(C)(C)C(=O)O)c1cccc([N+](=O)[O-])c1. The zero-order valence-electron chi connectivity index (χ0n) is 11.4. The maximum atomic E-state index is 12.0. The molecular weight excluding hydrogens is 264 g/mol.